The number of ether oxygens (including phenoxy) is 2. The molecule has 1 aromatic carbocycles. The van der Waals surface area contributed by atoms with Crippen LogP contribution in [0.25, 0.3) is 0 Å². The second-order valence-corrected chi connectivity index (χ2v) is 6.57. The molecule has 0 bridgehead atoms. The van der Waals surface area contributed by atoms with Gasteiger partial charge in [-0.15, -0.1) is 0 Å². The van der Waals surface area contributed by atoms with Gasteiger partial charge in [0.25, 0.3) is 0 Å². The zero-order chi connectivity index (χ0) is 17.7. The van der Waals surface area contributed by atoms with Crippen LogP contribution < -0.4 is 5.32 Å². The number of hydrogen-bond acceptors (Lipinski definition) is 5. The zero-order valence-electron chi connectivity index (χ0n) is 14.0. The van der Waals surface area contributed by atoms with Crippen molar-refractivity contribution in [1.29, 1.82) is 0 Å². The first-order valence-corrected chi connectivity index (χ1v) is 8.27. The second kappa shape index (κ2) is 5.72. The molecule has 1 saturated carbocycles. The van der Waals surface area contributed by atoms with Crippen molar-refractivity contribution >= 4 is 11.9 Å². The number of dihydropyridines is 1. The van der Waals surface area contributed by atoms with Crippen LogP contribution in [0.15, 0.2) is 40.7 Å². The van der Waals surface area contributed by atoms with Gasteiger partial charge in [-0.3, -0.25) is 0 Å². The lowest BCUT2D eigenvalue weighted by Crippen LogP contribution is -2.30. The maximum absolute atomic E-state index is 14.6. The van der Waals surface area contributed by atoms with E-state index >= 15 is 0 Å². The van der Waals surface area contributed by atoms with Crippen molar-refractivity contribution in [1.82, 2.24) is 5.32 Å². The predicted molar refractivity (Wildman–Crippen MR) is 87.0 cm³/mol. The summed E-state index contributed by atoms with van der Waals surface area (Å²) in [5, 5.41) is 3.07. The Morgan fingerprint density at radius 2 is 2.12 bits per heavy atom. The molecule has 1 fully saturated rings. The number of hydrogen-bond donors (Lipinski definition) is 1. The summed E-state index contributed by atoms with van der Waals surface area (Å²) in [7, 11) is 1.30. The third-order valence-electron chi connectivity index (χ3n) is 5.00. The molecule has 0 radical (unpaired) electrons. The first-order valence-electron chi connectivity index (χ1n) is 8.27. The third kappa shape index (κ3) is 2.44. The average Bonchev–Trinajstić information content (AvgIpc) is 3.36. The molecule has 0 amide bonds. The quantitative estimate of drug-likeness (QED) is 0.855. The smallest absolute Gasteiger partial charge is 0.337 e. The highest BCUT2D eigenvalue weighted by atomic mass is 19.1. The highest BCUT2D eigenvalue weighted by Crippen LogP contribution is 2.49. The third-order valence-corrected chi connectivity index (χ3v) is 5.00. The average molecular weight is 343 g/mol. The molecule has 2 heterocycles. The molecule has 0 saturated heterocycles. The van der Waals surface area contributed by atoms with E-state index in [0.717, 1.165) is 12.8 Å². The Bertz CT molecular complexity index is 851. The number of esters is 2. The Morgan fingerprint density at radius 3 is 2.80 bits per heavy atom. The molecule has 0 aromatic heterocycles. The Balaban J connectivity index is 1.95. The van der Waals surface area contributed by atoms with Crippen LogP contribution in [0.4, 0.5) is 4.39 Å². The summed E-state index contributed by atoms with van der Waals surface area (Å²) in [5.41, 5.74) is 3.17. The first-order chi connectivity index (χ1) is 12.0. The summed E-state index contributed by atoms with van der Waals surface area (Å²) in [6, 6.07) is 4.83. The molecular weight excluding hydrogens is 325 g/mol. The number of benzene rings is 1. The monoisotopic (exact) mass is 343 g/mol. The van der Waals surface area contributed by atoms with Crippen LogP contribution in [0, 0.1) is 5.82 Å². The van der Waals surface area contributed by atoms with Crippen molar-refractivity contribution in [3.63, 3.8) is 0 Å². The van der Waals surface area contributed by atoms with Gasteiger partial charge < -0.3 is 14.8 Å². The van der Waals surface area contributed by atoms with Crippen LogP contribution in [0.5, 0.6) is 0 Å². The highest BCUT2D eigenvalue weighted by Gasteiger charge is 2.44. The summed E-state index contributed by atoms with van der Waals surface area (Å²) >= 11 is 0. The number of carbonyl (C=O) groups is 2. The van der Waals surface area contributed by atoms with E-state index in [9.17, 15) is 14.0 Å². The number of cyclic esters (lactones) is 1. The van der Waals surface area contributed by atoms with Gasteiger partial charge in [0.15, 0.2) is 0 Å². The largest absolute Gasteiger partial charge is 0.466 e. The van der Waals surface area contributed by atoms with Crippen LogP contribution in [-0.4, -0.2) is 25.7 Å². The number of rotatable bonds is 3. The molecule has 4 rings (SSSR count). The fraction of sp³-hybridized carbons (Fsp3) is 0.368. The van der Waals surface area contributed by atoms with E-state index in [0.29, 0.717) is 33.7 Å². The van der Waals surface area contributed by atoms with Crippen molar-refractivity contribution < 1.29 is 23.5 Å². The SMILES string of the molecule is COC(=O)C1=C(C)NC2=C(C(=O)OC2)[C@H]1c1cccc(F)c1C1CC1. The van der Waals surface area contributed by atoms with Crippen LogP contribution in [0.2, 0.25) is 0 Å². The van der Waals surface area contributed by atoms with Gasteiger partial charge in [0, 0.05) is 5.70 Å². The Labute approximate surface area is 144 Å². The van der Waals surface area contributed by atoms with Gasteiger partial charge in [-0.25, -0.2) is 14.0 Å². The molecule has 1 N–H and O–H groups in total. The van der Waals surface area contributed by atoms with Crippen molar-refractivity contribution in [2.45, 2.75) is 31.6 Å². The summed E-state index contributed by atoms with van der Waals surface area (Å²) in [6.45, 7) is 1.88. The van der Waals surface area contributed by atoms with Crippen LogP contribution in [0.3, 0.4) is 0 Å². The molecule has 0 spiro atoms. The normalized spacial score (nSPS) is 22.5. The topological polar surface area (TPSA) is 64.6 Å². The van der Waals surface area contributed by atoms with Crippen molar-refractivity contribution in [2.24, 2.45) is 0 Å². The van der Waals surface area contributed by atoms with Crippen molar-refractivity contribution in [2.75, 3.05) is 13.7 Å². The van der Waals surface area contributed by atoms with Crippen LogP contribution >= 0.6 is 0 Å². The molecule has 25 heavy (non-hydrogen) atoms. The number of methoxy groups -OCH3 is 1. The van der Waals surface area contributed by atoms with E-state index in [4.69, 9.17) is 9.47 Å². The molecule has 6 heteroatoms. The molecule has 1 atom stereocenters. The minimum absolute atomic E-state index is 0.130. The molecule has 1 aliphatic carbocycles. The fourth-order valence-corrected chi connectivity index (χ4v) is 3.77. The van der Waals surface area contributed by atoms with E-state index in [1.54, 1.807) is 19.1 Å². The summed E-state index contributed by atoms with van der Waals surface area (Å²) < 4.78 is 24.7. The molecule has 3 aliphatic rings. The number of carbonyl (C=O) groups excluding carboxylic acids is 2. The first kappa shape index (κ1) is 15.9. The summed E-state index contributed by atoms with van der Waals surface area (Å²) in [4.78, 5) is 24.8. The molecule has 1 aromatic rings. The van der Waals surface area contributed by atoms with Gasteiger partial charge in [-0.2, -0.15) is 0 Å². The van der Waals surface area contributed by atoms with Gasteiger partial charge in [0.1, 0.15) is 12.4 Å². The van der Waals surface area contributed by atoms with Crippen LogP contribution in [-0.2, 0) is 19.1 Å². The standard InChI is InChI=1S/C19H18FNO4/c1-9-14(18(22)24-2)16(17-13(21-9)8-25-19(17)23)11-4-3-5-12(20)15(11)10-6-7-10/h3-5,10,16,21H,6-8H2,1-2H3/t16-/m0/s1. The van der Waals surface area contributed by atoms with Crippen molar-refractivity contribution in [3.05, 3.63) is 57.7 Å². The van der Waals surface area contributed by atoms with E-state index in [2.05, 4.69) is 5.32 Å². The van der Waals surface area contributed by atoms with Crippen LogP contribution in [0.1, 0.15) is 42.7 Å². The predicted octanol–water partition coefficient (Wildman–Crippen LogP) is 2.65. The minimum atomic E-state index is -0.676. The maximum Gasteiger partial charge on any atom is 0.337 e. The van der Waals surface area contributed by atoms with Gasteiger partial charge in [-0.05, 0) is 42.9 Å². The fourth-order valence-electron chi connectivity index (χ4n) is 3.77. The van der Waals surface area contributed by atoms with Crippen molar-refractivity contribution in [3.8, 4) is 0 Å². The van der Waals surface area contributed by atoms with E-state index in [1.165, 1.54) is 13.2 Å². The Kier molecular flexibility index (Phi) is 3.63. The lowest BCUT2D eigenvalue weighted by molar-refractivity contribution is -0.136. The molecule has 0 unspecified atom stereocenters. The molecule has 130 valence electrons. The maximum atomic E-state index is 14.6. The molecule has 2 aliphatic heterocycles. The van der Waals surface area contributed by atoms with E-state index in [1.807, 2.05) is 0 Å². The number of allylic oxidation sites excluding steroid dienone is 1. The Hall–Kier alpha value is -2.63. The van der Waals surface area contributed by atoms with Gasteiger partial charge >= 0.3 is 11.9 Å². The Morgan fingerprint density at radius 1 is 1.36 bits per heavy atom. The number of halogens is 1. The zero-order valence-corrected chi connectivity index (χ0v) is 14.0. The lowest BCUT2D eigenvalue weighted by Gasteiger charge is -2.29. The van der Waals surface area contributed by atoms with Gasteiger partial charge in [0.05, 0.1) is 29.9 Å². The lowest BCUT2D eigenvalue weighted by atomic mass is 9.78. The summed E-state index contributed by atoms with van der Waals surface area (Å²) in [5.74, 6) is -1.86. The van der Waals surface area contributed by atoms with E-state index in [-0.39, 0.29) is 18.3 Å². The van der Waals surface area contributed by atoms with Gasteiger partial charge in [-0.1, -0.05) is 12.1 Å². The molecular formula is C19H18FNO4. The second-order valence-electron chi connectivity index (χ2n) is 6.57. The highest BCUT2D eigenvalue weighted by molar-refractivity contribution is 6.01. The van der Waals surface area contributed by atoms with Gasteiger partial charge in [0.2, 0.25) is 0 Å². The molecule has 5 nitrogen and oxygen atoms in total. The summed E-state index contributed by atoms with van der Waals surface area (Å²) in [6.07, 6.45) is 1.82. The van der Waals surface area contributed by atoms with E-state index < -0.39 is 17.9 Å². The number of nitrogens with one attached hydrogen (secondary N) is 1. The minimum Gasteiger partial charge on any atom is -0.466 e.